The van der Waals surface area contributed by atoms with Crippen molar-refractivity contribution in [3.05, 3.63) is 24.0 Å². The normalized spacial score (nSPS) is 12.9. The van der Waals surface area contributed by atoms with Crippen LogP contribution in [-0.2, 0) is 6.54 Å². The molecule has 0 aromatic carbocycles. The van der Waals surface area contributed by atoms with E-state index < -0.39 is 6.17 Å². The molecule has 0 fully saturated rings. The van der Waals surface area contributed by atoms with E-state index in [9.17, 15) is 9.18 Å². The van der Waals surface area contributed by atoms with Crippen LogP contribution in [0, 0.1) is 0 Å². The predicted molar refractivity (Wildman–Crippen MR) is 40.4 cm³/mol. The quantitative estimate of drug-likeness (QED) is 0.608. The first-order valence-electron chi connectivity index (χ1n) is 3.47. The first-order valence-corrected chi connectivity index (χ1v) is 3.47. The molecule has 0 radical (unpaired) electrons. The van der Waals surface area contributed by atoms with Gasteiger partial charge in [0.2, 0.25) is 0 Å². The molecule has 3 heteroatoms. The molecule has 0 saturated heterocycles. The first-order chi connectivity index (χ1) is 5.22. The van der Waals surface area contributed by atoms with Gasteiger partial charge in [0.15, 0.2) is 6.29 Å². The molecule has 2 nitrogen and oxygen atoms in total. The van der Waals surface area contributed by atoms with Gasteiger partial charge < -0.3 is 4.57 Å². The number of carbonyl (C=O) groups is 1. The highest BCUT2D eigenvalue weighted by atomic mass is 19.1. The largest absolute Gasteiger partial charge is 0.351 e. The van der Waals surface area contributed by atoms with Gasteiger partial charge in [0.25, 0.3) is 0 Å². The van der Waals surface area contributed by atoms with Gasteiger partial charge in [0.1, 0.15) is 6.17 Å². The summed E-state index contributed by atoms with van der Waals surface area (Å²) >= 11 is 0. The number of hydrogen-bond acceptors (Lipinski definition) is 1. The number of halogens is 1. The number of nitrogens with zero attached hydrogens (tertiary/aromatic N) is 1. The van der Waals surface area contributed by atoms with Gasteiger partial charge >= 0.3 is 0 Å². The third-order valence-electron chi connectivity index (χ3n) is 1.37. The van der Waals surface area contributed by atoms with Crippen molar-refractivity contribution in [2.24, 2.45) is 0 Å². The minimum Gasteiger partial charge on any atom is -0.351 e. The topological polar surface area (TPSA) is 22.0 Å². The van der Waals surface area contributed by atoms with E-state index in [1.54, 1.807) is 23.0 Å². The highest BCUT2D eigenvalue weighted by Gasteiger charge is 1.99. The van der Waals surface area contributed by atoms with E-state index in [1.807, 2.05) is 0 Å². The number of aromatic nitrogens is 1. The highest BCUT2D eigenvalue weighted by molar-refractivity contribution is 5.74. The van der Waals surface area contributed by atoms with Crippen LogP contribution in [0.3, 0.4) is 0 Å². The molecule has 60 valence electrons. The van der Waals surface area contributed by atoms with Crippen molar-refractivity contribution in [2.75, 3.05) is 0 Å². The van der Waals surface area contributed by atoms with Crippen LogP contribution in [0.25, 0.3) is 0 Å². The van der Waals surface area contributed by atoms with Gasteiger partial charge in [0.05, 0.1) is 6.54 Å². The van der Waals surface area contributed by atoms with E-state index in [1.165, 1.54) is 6.92 Å². The van der Waals surface area contributed by atoms with E-state index in [0.717, 1.165) is 6.29 Å². The van der Waals surface area contributed by atoms with Crippen LogP contribution in [0.2, 0.25) is 0 Å². The smallest absolute Gasteiger partial charge is 0.151 e. The lowest BCUT2D eigenvalue weighted by Crippen LogP contribution is -2.04. The maximum atomic E-state index is 12.4. The Balaban J connectivity index is 2.65. The molecule has 0 spiro atoms. The molecule has 0 aliphatic carbocycles. The lowest BCUT2D eigenvalue weighted by atomic mass is 10.4. The Morgan fingerprint density at radius 2 is 2.55 bits per heavy atom. The van der Waals surface area contributed by atoms with E-state index in [2.05, 4.69) is 0 Å². The zero-order chi connectivity index (χ0) is 8.27. The maximum absolute atomic E-state index is 12.4. The summed E-state index contributed by atoms with van der Waals surface area (Å²) in [5.41, 5.74) is 0.589. The van der Waals surface area contributed by atoms with Crippen LogP contribution in [0.1, 0.15) is 17.3 Å². The van der Waals surface area contributed by atoms with Crippen molar-refractivity contribution in [3.8, 4) is 0 Å². The monoisotopic (exact) mass is 155 g/mol. The molecule has 0 saturated carbocycles. The lowest BCUT2D eigenvalue weighted by molar-refractivity contribution is 0.112. The van der Waals surface area contributed by atoms with Crippen molar-refractivity contribution in [2.45, 2.75) is 19.6 Å². The third-order valence-corrected chi connectivity index (χ3v) is 1.37. The molecule has 0 aliphatic rings. The molecule has 0 N–H and O–H groups in total. The van der Waals surface area contributed by atoms with Crippen LogP contribution >= 0.6 is 0 Å². The summed E-state index contributed by atoms with van der Waals surface area (Å²) in [6, 6.07) is 1.66. The lowest BCUT2D eigenvalue weighted by Gasteiger charge is -2.01. The average molecular weight is 155 g/mol. The summed E-state index contributed by atoms with van der Waals surface area (Å²) < 4.78 is 14.1. The molecule has 0 amide bonds. The predicted octanol–water partition coefficient (Wildman–Crippen LogP) is 1.66. The van der Waals surface area contributed by atoms with E-state index >= 15 is 0 Å². The van der Waals surface area contributed by atoms with Gasteiger partial charge in [-0.2, -0.15) is 0 Å². The van der Waals surface area contributed by atoms with E-state index in [4.69, 9.17) is 0 Å². The summed E-state index contributed by atoms with van der Waals surface area (Å²) in [5.74, 6) is 0. The number of hydrogen-bond donors (Lipinski definition) is 0. The first kappa shape index (κ1) is 7.98. The number of carbonyl (C=O) groups excluding carboxylic acids is 1. The van der Waals surface area contributed by atoms with Crippen molar-refractivity contribution < 1.29 is 9.18 Å². The van der Waals surface area contributed by atoms with Crippen LogP contribution in [0.15, 0.2) is 18.5 Å². The van der Waals surface area contributed by atoms with E-state index in [-0.39, 0.29) is 0 Å². The van der Waals surface area contributed by atoms with Gasteiger partial charge in [-0.25, -0.2) is 4.39 Å². The molecule has 1 unspecified atom stereocenters. The minimum atomic E-state index is -0.873. The van der Waals surface area contributed by atoms with Gasteiger partial charge in [-0.3, -0.25) is 4.79 Å². The molecule has 0 bridgehead atoms. The SMILES string of the molecule is CC(F)Cn1ccc(C=O)c1. The molecule has 11 heavy (non-hydrogen) atoms. The standard InChI is InChI=1S/C8H10FNO/c1-7(9)4-10-3-2-8(5-10)6-11/h2-3,5-7H,4H2,1H3. The number of aldehydes is 1. The Bertz CT molecular complexity index is 242. The summed E-state index contributed by atoms with van der Waals surface area (Å²) in [4.78, 5) is 10.2. The van der Waals surface area contributed by atoms with Crippen LogP contribution < -0.4 is 0 Å². The Kier molecular flexibility index (Phi) is 2.41. The third kappa shape index (κ3) is 2.18. The van der Waals surface area contributed by atoms with Gasteiger partial charge in [-0.15, -0.1) is 0 Å². The molecule has 1 atom stereocenters. The van der Waals surface area contributed by atoms with Crippen molar-refractivity contribution in [1.82, 2.24) is 4.57 Å². The fraction of sp³-hybridized carbons (Fsp3) is 0.375. The van der Waals surface area contributed by atoms with Crippen LogP contribution in [-0.4, -0.2) is 17.0 Å². The number of rotatable bonds is 3. The minimum absolute atomic E-state index is 0.313. The Hall–Kier alpha value is -1.12. The van der Waals surface area contributed by atoms with Gasteiger partial charge in [-0.1, -0.05) is 0 Å². The molecule has 1 aromatic heterocycles. The van der Waals surface area contributed by atoms with Crippen molar-refractivity contribution in [1.29, 1.82) is 0 Å². The second-order valence-electron chi connectivity index (χ2n) is 2.54. The number of alkyl halides is 1. The summed E-state index contributed by atoms with van der Waals surface area (Å²) in [7, 11) is 0. The van der Waals surface area contributed by atoms with Crippen LogP contribution in [0.4, 0.5) is 4.39 Å². The molecular weight excluding hydrogens is 145 g/mol. The fourth-order valence-electron chi connectivity index (χ4n) is 0.933. The summed E-state index contributed by atoms with van der Waals surface area (Å²) in [6.07, 6.45) is 3.20. The van der Waals surface area contributed by atoms with Crippen LogP contribution in [0.5, 0.6) is 0 Å². The zero-order valence-electron chi connectivity index (χ0n) is 6.33. The van der Waals surface area contributed by atoms with Crippen molar-refractivity contribution >= 4 is 6.29 Å². The highest BCUT2D eigenvalue weighted by Crippen LogP contribution is 2.00. The Labute approximate surface area is 64.6 Å². The zero-order valence-corrected chi connectivity index (χ0v) is 6.33. The average Bonchev–Trinajstić information content (AvgIpc) is 2.34. The second kappa shape index (κ2) is 3.32. The van der Waals surface area contributed by atoms with Gasteiger partial charge in [0, 0.05) is 18.0 Å². The molecule has 1 aromatic rings. The fourth-order valence-corrected chi connectivity index (χ4v) is 0.933. The molecular formula is C8H10FNO. The van der Waals surface area contributed by atoms with Crippen molar-refractivity contribution in [3.63, 3.8) is 0 Å². The summed E-state index contributed by atoms with van der Waals surface area (Å²) in [6.45, 7) is 1.80. The summed E-state index contributed by atoms with van der Waals surface area (Å²) in [5, 5.41) is 0. The Morgan fingerprint density at radius 1 is 1.82 bits per heavy atom. The molecule has 1 heterocycles. The van der Waals surface area contributed by atoms with Gasteiger partial charge in [-0.05, 0) is 13.0 Å². The maximum Gasteiger partial charge on any atom is 0.151 e. The van der Waals surface area contributed by atoms with E-state index in [0.29, 0.717) is 12.1 Å². The molecule has 1 rings (SSSR count). The molecule has 0 aliphatic heterocycles. The second-order valence-corrected chi connectivity index (χ2v) is 2.54. The Morgan fingerprint density at radius 3 is 3.00 bits per heavy atom.